The van der Waals surface area contributed by atoms with Crippen LogP contribution in [-0.2, 0) is 4.74 Å². The summed E-state index contributed by atoms with van der Waals surface area (Å²) in [6.07, 6.45) is 2.52. The van der Waals surface area contributed by atoms with Crippen LogP contribution >= 0.6 is 0 Å². The van der Waals surface area contributed by atoms with Gasteiger partial charge in [-0.25, -0.2) is 0 Å². The van der Waals surface area contributed by atoms with E-state index in [1.54, 1.807) is 0 Å². The molecule has 0 unspecified atom stereocenters. The molecular formula is C8H17NO. The van der Waals surface area contributed by atoms with E-state index < -0.39 is 0 Å². The van der Waals surface area contributed by atoms with Crippen molar-refractivity contribution in [2.75, 3.05) is 27.3 Å². The van der Waals surface area contributed by atoms with Gasteiger partial charge in [-0.05, 0) is 20.5 Å². The Morgan fingerprint density at radius 1 is 1.40 bits per heavy atom. The standard InChI is InChI=1S/C8H17NO/c1-4-5-8(9(2)3)6-10-7-8/h4-7H2,1-3H3. The number of ether oxygens (including phenoxy) is 1. The summed E-state index contributed by atoms with van der Waals surface area (Å²) >= 11 is 0. The normalized spacial score (nSPS) is 22.8. The van der Waals surface area contributed by atoms with Crippen molar-refractivity contribution in [3.63, 3.8) is 0 Å². The van der Waals surface area contributed by atoms with E-state index >= 15 is 0 Å². The molecule has 1 rings (SSSR count). The summed E-state index contributed by atoms with van der Waals surface area (Å²) in [6.45, 7) is 4.07. The molecule has 0 spiro atoms. The Balaban J connectivity index is 2.42. The zero-order valence-electron chi connectivity index (χ0n) is 7.18. The number of likely N-dealkylation sites (N-methyl/N-ethyl adjacent to an activating group) is 1. The average Bonchev–Trinajstić information content (AvgIpc) is 1.77. The van der Waals surface area contributed by atoms with Gasteiger partial charge in [-0.15, -0.1) is 0 Å². The van der Waals surface area contributed by atoms with Crippen LogP contribution in [0.25, 0.3) is 0 Å². The number of hydrogen-bond acceptors (Lipinski definition) is 2. The van der Waals surface area contributed by atoms with Crippen molar-refractivity contribution in [2.24, 2.45) is 0 Å². The fraction of sp³-hybridized carbons (Fsp3) is 1.00. The van der Waals surface area contributed by atoms with Gasteiger partial charge in [0.15, 0.2) is 0 Å². The van der Waals surface area contributed by atoms with E-state index in [9.17, 15) is 0 Å². The highest BCUT2D eigenvalue weighted by molar-refractivity contribution is 4.93. The molecule has 2 heteroatoms. The minimum atomic E-state index is 0.384. The van der Waals surface area contributed by atoms with Crippen LogP contribution in [-0.4, -0.2) is 37.7 Å². The predicted octanol–water partition coefficient (Wildman–Crippen LogP) is 1.12. The van der Waals surface area contributed by atoms with E-state index in [1.807, 2.05) is 0 Å². The highest BCUT2D eigenvalue weighted by Crippen LogP contribution is 2.27. The van der Waals surface area contributed by atoms with Crippen LogP contribution in [0.2, 0.25) is 0 Å². The molecule has 0 aliphatic carbocycles. The van der Waals surface area contributed by atoms with Crippen molar-refractivity contribution in [3.8, 4) is 0 Å². The van der Waals surface area contributed by atoms with Crippen LogP contribution in [0.5, 0.6) is 0 Å². The molecule has 0 aromatic carbocycles. The highest BCUT2D eigenvalue weighted by atomic mass is 16.5. The largest absolute Gasteiger partial charge is 0.377 e. The Hall–Kier alpha value is -0.0800. The fourth-order valence-corrected chi connectivity index (χ4v) is 1.43. The first-order valence-corrected chi connectivity index (χ1v) is 3.96. The zero-order valence-corrected chi connectivity index (χ0v) is 7.18. The van der Waals surface area contributed by atoms with Crippen molar-refractivity contribution in [3.05, 3.63) is 0 Å². The first-order valence-electron chi connectivity index (χ1n) is 3.96. The third-order valence-electron chi connectivity index (χ3n) is 2.41. The summed E-state index contributed by atoms with van der Waals surface area (Å²) in [7, 11) is 4.27. The first-order chi connectivity index (χ1) is 4.71. The molecule has 0 atom stereocenters. The maximum Gasteiger partial charge on any atom is 0.0673 e. The Bertz CT molecular complexity index is 108. The number of hydrogen-bond donors (Lipinski definition) is 0. The Morgan fingerprint density at radius 3 is 2.10 bits per heavy atom. The van der Waals surface area contributed by atoms with Gasteiger partial charge in [0, 0.05) is 0 Å². The van der Waals surface area contributed by atoms with Crippen LogP contribution in [0.3, 0.4) is 0 Å². The summed E-state index contributed by atoms with van der Waals surface area (Å²) in [5, 5.41) is 0. The van der Waals surface area contributed by atoms with Crippen LogP contribution in [0, 0.1) is 0 Å². The quantitative estimate of drug-likeness (QED) is 0.587. The van der Waals surface area contributed by atoms with Gasteiger partial charge in [0.25, 0.3) is 0 Å². The molecule has 60 valence electrons. The smallest absolute Gasteiger partial charge is 0.0673 e. The molecule has 0 aromatic rings. The summed E-state index contributed by atoms with van der Waals surface area (Å²) in [4.78, 5) is 2.29. The summed E-state index contributed by atoms with van der Waals surface area (Å²) in [5.41, 5.74) is 0.384. The molecule has 1 heterocycles. The number of nitrogens with zero attached hydrogens (tertiary/aromatic N) is 1. The van der Waals surface area contributed by atoms with Crippen molar-refractivity contribution in [1.82, 2.24) is 4.90 Å². The minimum Gasteiger partial charge on any atom is -0.377 e. The van der Waals surface area contributed by atoms with E-state index in [2.05, 4.69) is 25.9 Å². The molecule has 0 amide bonds. The third kappa shape index (κ3) is 1.18. The first kappa shape index (κ1) is 8.02. The SMILES string of the molecule is CCCC1(N(C)C)COC1. The molecule has 0 bridgehead atoms. The Kier molecular flexibility index (Phi) is 2.32. The summed E-state index contributed by atoms with van der Waals surface area (Å²) < 4.78 is 5.21. The Morgan fingerprint density at radius 2 is 2.00 bits per heavy atom. The second kappa shape index (κ2) is 2.89. The second-order valence-corrected chi connectivity index (χ2v) is 3.36. The van der Waals surface area contributed by atoms with E-state index in [0.717, 1.165) is 13.2 Å². The maximum absolute atomic E-state index is 5.21. The molecule has 0 radical (unpaired) electrons. The minimum absolute atomic E-state index is 0.384. The lowest BCUT2D eigenvalue weighted by Crippen LogP contribution is -2.59. The van der Waals surface area contributed by atoms with Crippen molar-refractivity contribution < 1.29 is 4.74 Å². The topological polar surface area (TPSA) is 12.5 Å². The molecule has 1 aliphatic heterocycles. The van der Waals surface area contributed by atoms with Crippen LogP contribution in [0.1, 0.15) is 19.8 Å². The van der Waals surface area contributed by atoms with Gasteiger partial charge in [0.05, 0.1) is 18.8 Å². The van der Waals surface area contributed by atoms with Crippen molar-refractivity contribution in [1.29, 1.82) is 0 Å². The van der Waals surface area contributed by atoms with Gasteiger partial charge in [-0.1, -0.05) is 13.3 Å². The van der Waals surface area contributed by atoms with Gasteiger partial charge in [-0.3, -0.25) is 4.90 Å². The third-order valence-corrected chi connectivity index (χ3v) is 2.41. The van der Waals surface area contributed by atoms with Crippen LogP contribution in [0.4, 0.5) is 0 Å². The molecule has 0 saturated carbocycles. The average molecular weight is 143 g/mol. The van der Waals surface area contributed by atoms with E-state index in [0.29, 0.717) is 5.54 Å². The lowest BCUT2D eigenvalue weighted by atomic mass is 9.90. The molecule has 1 saturated heterocycles. The lowest BCUT2D eigenvalue weighted by Gasteiger charge is -2.46. The van der Waals surface area contributed by atoms with Gasteiger partial charge >= 0.3 is 0 Å². The molecule has 1 aliphatic rings. The van der Waals surface area contributed by atoms with Crippen molar-refractivity contribution >= 4 is 0 Å². The van der Waals surface area contributed by atoms with Crippen LogP contribution in [0.15, 0.2) is 0 Å². The highest BCUT2D eigenvalue weighted by Gasteiger charge is 2.39. The molecule has 0 N–H and O–H groups in total. The Labute approximate surface area is 63.2 Å². The van der Waals surface area contributed by atoms with Gasteiger partial charge < -0.3 is 4.74 Å². The van der Waals surface area contributed by atoms with Gasteiger partial charge in [0.1, 0.15) is 0 Å². The molecule has 10 heavy (non-hydrogen) atoms. The maximum atomic E-state index is 5.21. The summed E-state index contributed by atoms with van der Waals surface area (Å²) in [5.74, 6) is 0. The summed E-state index contributed by atoms with van der Waals surface area (Å²) in [6, 6.07) is 0. The molecule has 2 nitrogen and oxygen atoms in total. The second-order valence-electron chi connectivity index (χ2n) is 3.36. The van der Waals surface area contributed by atoms with E-state index in [1.165, 1.54) is 12.8 Å². The van der Waals surface area contributed by atoms with E-state index in [-0.39, 0.29) is 0 Å². The van der Waals surface area contributed by atoms with E-state index in [4.69, 9.17) is 4.74 Å². The zero-order chi connectivity index (χ0) is 7.61. The van der Waals surface area contributed by atoms with Gasteiger partial charge in [0.2, 0.25) is 0 Å². The molecule has 0 aromatic heterocycles. The van der Waals surface area contributed by atoms with Crippen LogP contribution < -0.4 is 0 Å². The molecule has 1 fully saturated rings. The number of rotatable bonds is 3. The van der Waals surface area contributed by atoms with Gasteiger partial charge in [-0.2, -0.15) is 0 Å². The molecular weight excluding hydrogens is 126 g/mol. The fourth-order valence-electron chi connectivity index (χ4n) is 1.43. The predicted molar refractivity (Wildman–Crippen MR) is 42.1 cm³/mol. The lowest BCUT2D eigenvalue weighted by molar-refractivity contribution is -0.128. The van der Waals surface area contributed by atoms with Crippen molar-refractivity contribution in [2.45, 2.75) is 25.3 Å². The monoisotopic (exact) mass is 143 g/mol.